The minimum Gasteiger partial charge on any atom is -0.481 e. The molecule has 32 heavy (non-hydrogen) atoms. The number of benzene rings is 1. The number of nitrogens with one attached hydrogen (secondary N) is 1. The van der Waals surface area contributed by atoms with Crippen LogP contribution in [-0.2, 0) is 14.4 Å². The molecule has 2 amide bonds. The van der Waals surface area contributed by atoms with E-state index in [-0.39, 0.29) is 70.4 Å². The van der Waals surface area contributed by atoms with E-state index >= 15 is 0 Å². The van der Waals surface area contributed by atoms with Gasteiger partial charge in [0.15, 0.2) is 0 Å². The number of aliphatic carboxylic acids is 1. The Hall–Kier alpha value is -2.39. The normalized spacial score (nSPS) is 34.5. The predicted octanol–water partition coefficient (Wildman–Crippen LogP) is 2.69. The van der Waals surface area contributed by atoms with Gasteiger partial charge in [0.1, 0.15) is 0 Å². The van der Waals surface area contributed by atoms with Crippen molar-refractivity contribution in [3.05, 3.63) is 49.9 Å². The Morgan fingerprint density at radius 2 is 1.88 bits per heavy atom. The summed E-state index contributed by atoms with van der Waals surface area (Å²) in [6, 6.07) is 8.22. The van der Waals surface area contributed by atoms with Crippen molar-refractivity contribution in [1.82, 2.24) is 9.88 Å². The molecular weight excluding hydrogens is 448 g/mol. The fourth-order valence-electron chi connectivity index (χ4n) is 6.79. The third-order valence-electron chi connectivity index (χ3n) is 7.89. The number of fused-ring (bicyclic) bond motifs is 9. The molecule has 6 rings (SSSR count). The van der Waals surface area contributed by atoms with Crippen LogP contribution >= 0.6 is 23.1 Å². The van der Waals surface area contributed by atoms with Crippen LogP contribution in [0.25, 0.3) is 0 Å². The van der Waals surface area contributed by atoms with Gasteiger partial charge in [-0.2, -0.15) is 0 Å². The van der Waals surface area contributed by atoms with Crippen LogP contribution in [0.2, 0.25) is 0 Å². The second-order valence-corrected chi connectivity index (χ2v) is 11.5. The van der Waals surface area contributed by atoms with E-state index in [4.69, 9.17) is 5.11 Å². The van der Waals surface area contributed by atoms with Gasteiger partial charge in [0.25, 0.3) is 0 Å². The highest BCUT2D eigenvalue weighted by molar-refractivity contribution is 8.00. The molecule has 0 radical (unpaired) electrons. The molecule has 9 heteroatoms. The summed E-state index contributed by atoms with van der Waals surface area (Å²) >= 11 is 2.92. The number of aryl methyl sites for hydroxylation is 1. The molecule has 166 valence electrons. The molecule has 7 unspecified atom stereocenters. The van der Waals surface area contributed by atoms with Gasteiger partial charge in [-0.1, -0.05) is 35.6 Å². The van der Waals surface area contributed by atoms with Crippen molar-refractivity contribution in [1.29, 1.82) is 0 Å². The number of thioether (sulfide) groups is 1. The summed E-state index contributed by atoms with van der Waals surface area (Å²) in [4.78, 5) is 55.0. The Bertz CT molecular complexity index is 1220. The maximum absolute atomic E-state index is 13.3. The number of nitrogens with zero attached hydrogens (tertiary/aromatic N) is 1. The lowest BCUT2D eigenvalue weighted by Crippen LogP contribution is -2.42. The van der Waals surface area contributed by atoms with E-state index in [1.165, 1.54) is 21.8 Å². The molecule has 7 atom stereocenters. The van der Waals surface area contributed by atoms with E-state index in [1.807, 2.05) is 12.1 Å². The molecule has 1 aromatic carbocycles. The smallest absolute Gasteiger partial charge is 0.305 e. The number of hydrogen-bond acceptors (Lipinski definition) is 6. The van der Waals surface area contributed by atoms with Gasteiger partial charge >= 0.3 is 10.8 Å². The number of aromatic nitrogens is 1. The Kier molecular flexibility index (Phi) is 4.46. The first-order chi connectivity index (χ1) is 15.4. The average molecular weight is 471 g/mol. The Labute approximate surface area is 192 Å². The highest BCUT2D eigenvalue weighted by Crippen LogP contribution is 2.68. The van der Waals surface area contributed by atoms with Crippen LogP contribution in [-0.4, -0.2) is 44.6 Å². The molecule has 2 saturated carbocycles. The van der Waals surface area contributed by atoms with Crippen molar-refractivity contribution in [3.8, 4) is 0 Å². The van der Waals surface area contributed by atoms with Crippen LogP contribution in [0.5, 0.6) is 0 Å². The van der Waals surface area contributed by atoms with Gasteiger partial charge in [0.05, 0.1) is 23.3 Å². The summed E-state index contributed by atoms with van der Waals surface area (Å²) in [5, 5.41) is 10.1. The number of imide groups is 1. The van der Waals surface area contributed by atoms with Crippen molar-refractivity contribution in [2.24, 2.45) is 29.6 Å². The molecule has 1 aromatic heterocycles. The van der Waals surface area contributed by atoms with Crippen molar-refractivity contribution < 1.29 is 19.5 Å². The highest BCUT2D eigenvalue weighted by atomic mass is 32.2. The van der Waals surface area contributed by atoms with Gasteiger partial charge in [-0.25, -0.2) is 0 Å². The fourth-order valence-corrected chi connectivity index (χ4v) is 9.67. The lowest BCUT2D eigenvalue weighted by Gasteiger charge is -2.43. The summed E-state index contributed by atoms with van der Waals surface area (Å²) in [6.45, 7) is 2.03. The first kappa shape index (κ1) is 20.2. The number of carbonyl (C=O) groups is 3. The van der Waals surface area contributed by atoms with Gasteiger partial charge < -0.3 is 10.1 Å². The highest BCUT2D eigenvalue weighted by Gasteiger charge is 2.69. The van der Waals surface area contributed by atoms with Crippen LogP contribution in [0, 0.1) is 36.5 Å². The van der Waals surface area contributed by atoms with Crippen LogP contribution < -0.4 is 4.87 Å². The molecule has 2 aliphatic carbocycles. The number of amides is 2. The number of H-pyrrole nitrogens is 1. The topological polar surface area (TPSA) is 108 Å². The molecule has 7 nitrogen and oxygen atoms in total. The third-order valence-corrected chi connectivity index (χ3v) is 10.5. The van der Waals surface area contributed by atoms with Crippen molar-refractivity contribution in [2.45, 2.75) is 36.0 Å². The molecule has 3 fully saturated rings. The molecule has 2 N–H and O–H groups in total. The lowest BCUT2D eigenvalue weighted by molar-refractivity contribution is -0.142. The number of aromatic amines is 1. The van der Waals surface area contributed by atoms with Gasteiger partial charge in [-0.15, -0.1) is 11.8 Å². The molecular formula is C23H22N2O5S2. The molecule has 1 saturated heterocycles. The maximum Gasteiger partial charge on any atom is 0.305 e. The molecule has 2 aliphatic heterocycles. The number of carboxylic acids is 1. The zero-order valence-corrected chi connectivity index (χ0v) is 18.9. The van der Waals surface area contributed by atoms with E-state index < -0.39 is 5.97 Å². The van der Waals surface area contributed by atoms with E-state index in [9.17, 15) is 19.2 Å². The zero-order valence-electron chi connectivity index (χ0n) is 17.3. The number of thiazole rings is 1. The van der Waals surface area contributed by atoms with E-state index in [2.05, 4.69) is 24.0 Å². The minimum atomic E-state index is -1.01. The van der Waals surface area contributed by atoms with Gasteiger partial charge in [-0.3, -0.25) is 24.1 Å². The van der Waals surface area contributed by atoms with Crippen molar-refractivity contribution >= 4 is 40.9 Å². The Balaban J connectivity index is 1.43. The van der Waals surface area contributed by atoms with Gasteiger partial charge in [-0.05, 0) is 42.2 Å². The van der Waals surface area contributed by atoms with Crippen LogP contribution in [0.15, 0.2) is 34.1 Å². The van der Waals surface area contributed by atoms with Crippen LogP contribution in [0.4, 0.5) is 0 Å². The Morgan fingerprint density at radius 1 is 1.16 bits per heavy atom. The van der Waals surface area contributed by atoms with Gasteiger partial charge in [0, 0.05) is 22.6 Å². The maximum atomic E-state index is 13.3. The average Bonchev–Trinajstić information content (AvgIpc) is 3.46. The number of hydrogen-bond donors (Lipinski definition) is 2. The summed E-state index contributed by atoms with van der Waals surface area (Å²) < 4.78 is 0. The van der Waals surface area contributed by atoms with Crippen LogP contribution in [0.1, 0.15) is 34.8 Å². The minimum absolute atomic E-state index is 0.0216. The first-order valence-electron chi connectivity index (χ1n) is 10.9. The summed E-state index contributed by atoms with van der Waals surface area (Å²) in [6.07, 6.45) is 0.613. The number of rotatable bonds is 4. The third kappa shape index (κ3) is 2.67. The summed E-state index contributed by atoms with van der Waals surface area (Å²) in [5.74, 6) is -1.83. The standard InChI is InChI=1S/C23H22N2O5S2/c1-9-4-2-3-5-10(9)14-15-11-8-12(18(15)31-20-19(14)32-23(30)24-20)17-16(11)21(28)25(22(17)29)7-6-13(26)27/h2-5,11-12,14-18H,6-8H2,1H3,(H,24,30)(H,26,27). The first-order valence-corrected chi connectivity index (χ1v) is 12.6. The fraction of sp³-hybridized carbons (Fsp3) is 0.478. The van der Waals surface area contributed by atoms with Crippen LogP contribution in [0.3, 0.4) is 0 Å². The zero-order chi connectivity index (χ0) is 22.3. The molecule has 3 heterocycles. The molecule has 4 aliphatic rings. The summed E-state index contributed by atoms with van der Waals surface area (Å²) in [7, 11) is 0. The van der Waals surface area contributed by atoms with Gasteiger partial charge in [0.2, 0.25) is 11.8 Å². The number of carbonyl (C=O) groups excluding carboxylic acids is 2. The number of likely N-dealkylation sites (tertiary alicyclic amines) is 1. The SMILES string of the molecule is Cc1ccccc1C1c2sc(=O)[nH]c2SC2C3CC(C4C(=O)N(CCC(=O)O)C(=O)C34)C12. The number of carboxylic acid groups (broad SMARTS) is 1. The van der Waals surface area contributed by atoms with Crippen molar-refractivity contribution in [3.63, 3.8) is 0 Å². The molecule has 2 bridgehead atoms. The monoisotopic (exact) mass is 470 g/mol. The lowest BCUT2D eigenvalue weighted by atomic mass is 9.67. The Morgan fingerprint density at radius 3 is 2.59 bits per heavy atom. The van der Waals surface area contributed by atoms with E-state index in [0.717, 1.165) is 21.9 Å². The van der Waals surface area contributed by atoms with E-state index in [0.29, 0.717) is 0 Å². The quantitative estimate of drug-likeness (QED) is 0.666. The van der Waals surface area contributed by atoms with E-state index in [1.54, 1.807) is 11.8 Å². The van der Waals surface area contributed by atoms with Crippen molar-refractivity contribution in [2.75, 3.05) is 6.54 Å². The molecule has 0 spiro atoms. The second-order valence-electron chi connectivity index (χ2n) is 9.29. The molecule has 2 aromatic rings. The summed E-state index contributed by atoms with van der Waals surface area (Å²) in [5.41, 5.74) is 2.34. The predicted molar refractivity (Wildman–Crippen MR) is 119 cm³/mol. The second kappa shape index (κ2) is 7.05. The largest absolute Gasteiger partial charge is 0.481 e.